The third-order valence-corrected chi connectivity index (χ3v) is 5.99. The normalized spacial score (nSPS) is 28.9. The lowest BCUT2D eigenvalue weighted by atomic mass is 9.61. The van der Waals surface area contributed by atoms with Gasteiger partial charge < -0.3 is 11.5 Å². The van der Waals surface area contributed by atoms with E-state index >= 15 is 0 Å². The van der Waals surface area contributed by atoms with Crippen LogP contribution in [0.4, 0.5) is 0 Å². The summed E-state index contributed by atoms with van der Waals surface area (Å²) in [7, 11) is 0. The molecule has 2 heteroatoms. The van der Waals surface area contributed by atoms with E-state index in [1.54, 1.807) is 0 Å². The molecule has 0 heterocycles. The van der Waals surface area contributed by atoms with Crippen LogP contribution in [0, 0.1) is 23.7 Å². The minimum Gasteiger partial charge on any atom is -0.330 e. The average molecular weight is 311 g/mol. The lowest BCUT2D eigenvalue weighted by Crippen LogP contribution is -2.35. The molecular weight excluding hydrogens is 268 g/mol. The number of hydrogen-bond donors (Lipinski definition) is 2. The van der Waals surface area contributed by atoms with E-state index in [0.29, 0.717) is 0 Å². The summed E-state index contributed by atoms with van der Waals surface area (Å²) in [4.78, 5) is 0. The van der Waals surface area contributed by atoms with E-state index in [0.717, 1.165) is 36.8 Å². The van der Waals surface area contributed by atoms with Crippen LogP contribution in [0.25, 0.3) is 0 Å². The summed E-state index contributed by atoms with van der Waals surface area (Å²) in [5.41, 5.74) is 11.6. The molecule has 0 aromatic heterocycles. The van der Waals surface area contributed by atoms with Crippen molar-refractivity contribution >= 4 is 0 Å². The van der Waals surface area contributed by atoms with Crippen LogP contribution in [0.2, 0.25) is 0 Å². The molecule has 0 bridgehead atoms. The van der Waals surface area contributed by atoms with Crippen molar-refractivity contribution in [2.24, 2.45) is 35.1 Å². The predicted octanol–water partition coefficient (Wildman–Crippen LogP) is 5.10. The van der Waals surface area contributed by atoms with Gasteiger partial charge in [-0.15, -0.1) is 0 Å². The molecule has 1 fully saturated rings. The highest BCUT2D eigenvalue weighted by molar-refractivity contribution is 4.87. The van der Waals surface area contributed by atoms with Gasteiger partial charge in [0.2, 0.25) is 0 Å². The van der Waals surface area contributed by atoms with Crippen LogP contribution in [0.3, 0.4) is 0 Å². The first-order valence-corrected chi connectivity index (χ1v) is 10.2. The first-order chi connectivity index (χ1) is 10.8. The lowest BCUT2D eigenvalue weighted by Gasteiger charge is -2.44. The van der Waals surface area contributed by atoms with Crippen molar-refractivity contribution in [2.75, 3.05) is 13.1 Å². The molecule has 0 aromatic carbocycles. The Hall–Kier alpha value is -0.0800. The van der Waals surface area contributed by atoms with Crippen LogP contribution in [-0.4, -0.2) is 13.1 Å². The maximum Gasteiger partial charge on any atom is -0.00772 e. The maximum absolute atomic E-state index is 5.83. The second-order valence-corrected chi connectivity index (χ2v) is 7.57. The smallest absolute Gasteiger partial charge is 0.00772 e. The summed E-state index contributed by atoms with van der Waals surface area (Å²) >= 11 is 0. The van der Waals surface area contributed by atoms with E-state index in [2.05, 4.69) is 13.8 Å². The predicted molar refractivity (Wildman–Crippen MR) is 98.8 cm³/mol. The third-order valence-electron chi connectivity index (χ3n) is 5.99. The van der Waals surface area contributed by atoms with Crippen LogP contribution in [0.1, 0.15) is 90.9 Å². The first kappa shape index (κ1) is 20.0. The van der Waals surface area contributed by atoms with Gasteiger partial charge >= 0.3 is 0 Å². The molecule has 1 aliphatic carbocycles. The Labute approximate surface area is 139 Å². The van der Waals surface area contributed by atoms with E-state index < -0.39 is 0 Å². The van der Waals surface area contributed by atoms with E-state index in [-0.39, 0.29) is 0 Å². The summed E-state index contributed by atoms with van der Waals surface area (Å²) in [6, 6.07) is 0. The SMILES string of the molecule is CCCCCC1C(CCC)CCC(CCCN)C1CCCN. The van der Waals surface area contributed by atoms with Gasteiger partial charge in [0.15, 0.2) is 0 Å². The molecule has 4 atom stereocenters. The number of nitrogens with two attached hydrogens (primary N) is 2. The molecule has 1 rings (SSSR count). The highest BCUT2D eigenvalue weighted by Crippen LogP contribution is 2.46. The summed E-state index contributed by atoms with van der Waals surface area (Å²) in [6.45, 7) is 6.40. The fourth-order valence-corrected chi connectivity index (χ4v) is 4.91. The largest absolute Gasteiger partial charge is 0.330 e. The Morgan fingerprint density at radius 2 is 1.18 bits per heavy atom. The van der Waals surface area contributed by atoms with E-state index in [4.69, 9.17) is 11.5 Å². The molecular formula is C20H42N2. The molecule has 22 heavy (non-hydrogen) atoms. The van der Waals surface area contributed by atoms with Crippen LogP contribution in [0.5, 0.6) is 0 Å². The van der Waals surface area contributed by atoms with Crippen LogP contribution >= 0.6 is 0 Å². The maximum atomic E-state index is 5.83. The van der Waals surface area contributed by atoms with Crippen molar-refractivity contribution in [1.82, 2.24) is 0 Å². The molecule has 0 spiro atoms. The molecule has 1 aliphatic rings. The van der Waals surface area contributed by atoms with Gasteiger partial charge in [-0.2, -0.15) is 0 Å². The summed E-state index contributed by atoms with van der Waals surface area (Å²) in [5.74, 6) is 3.81. The Bertz CT molecular complexity index is 254. The van der Waals surface area contributed by atoms with Crippen molar-refractivity contribution in [2.45, 2.75) is 90.9 Å². The molecule has 2 nitrogen and oxygen atoms in total. The zero-order valence-electron chi connectivity index (χ0n) is 15.4. The summed E-state index contributed by atoms with van der Waals surface area (Å²) in [6.07, 6.45) is 16.5. The fourth-order valence-electron chi connectivity index (χ4n) is 4.91. The Morgan fingerprint density at radius 3 is 1.73 bits per heavy atom. The molecule has 0 amide bonds. The molecule has 1 saturated carbocycles. The van der Waals surface area contributed by atoms with Gasteiger partial charge in [0.25, 0.3) is 0 Å². The van der Waals surface area contributed by atoms with E-state index in [9.17, 15) is 0 Å². The van der Waals surface area contributed by atoms with E-state index in [1.807, 2.05) is 0 Å². The van der Waals surface area contributed by atoms with Gasteiger partial charge in [-0.3, -0.25) is 0 Å². The fraction of sp³-hybridized carbons (Fsp3) is 1.00. The highest BCUT2D eigenvalue weighted by atomic mass is 14.5. The summed E-state index contributed by atoms with van der Waals surface area (Å²) in [5, 5.41) is 0. The average Bonchev–Trinajstić information content (AvgIpc) is 2.53. The van der Waals surface area contributed by atoms with Gasteiger partial charge in [-0.25, -0.2) is 0 Å². The van der Waals surface area contributed by atoms with Gasteiger partial charge in [-0.1, -0.05) is 46.0 Å². The molecule has 0 radical (unpaired) electrons. The molecule has 132 valence electrons. The lowest BCUT2D eigenvalue weighted by molar-refractivity contribution is 0.0608. The molecule has 0 aliphatic heterocycles. The van der Waals surface area contributed by atoms with Gasteiger partial charge in [0.05, 0.1) is 0 Å². The zero-order valence-corrected chi connectivity index (χ0v) is 15.4. The van der Waals surface area contributed by atoms with Gasteiger partial charge in [0, 0.05) is 0 Å². The number of rotatable bonds is 12. The van der Waals surface area contributed by atoms with Crippen molar-refractivity contribution in [3.05, 3.63) is 0 Å². The standard InChI is InChI=1S/C20H42N2/c1-3-5-6-11-19-17(9-4-2)13-14-18(10-7-15-21)20(19)12-8-16-22/h17-20H,3-16,21-22H2,1-2H3. The topological polar surface area (TPSA) is 52.0 Å². The van der Waals surface area contributed by atoms with Crippen molar-refractivity contribution in [3.8, 4) is 0 Å². The minimum atomic E-state index is 0.860. The summed E-state index contributed by atoms with van der Waals surface area (Å²) < 4.78 is 0. The van der Waals surface area contributed by atoms with Gasteiger partial charge in [-0.05, 0) is 81.7 Å². The molecule has 4 N–H and O–H groups in total. The number of hydrogen-bond acceptors (Lipinski definition) is 2. The van der Waals surface area contributed by atoms with Crippen LogP contribution in [0.15, 0.2) is 0 Å². The second-order valence-electron chi connectivity index (χ2n) is 7.57. The molecule has 0 saturated heterocycles. The van der Waals surface area contributed by atoms with Crippen LogP contribution in [-0.2, 0) is 0 Å². The van der Waals surface area contributed by atoms with Crippen molar-refractivity contribution in [1.29, 1.82) is 0 Å². The van der Waals surface area contributed by atoms with Crippen molar-refractivity contribution in [3.63, 3.8) is 0 Å². The van der Waals surface area contributed by atoms with Crippen LogP contribution < -0.4 is 11.5 Å². The zero-order chi connectivity index (χ0) is 16.2. The molecule has 0 aromatic rings. The minimum absolute atomic E-state index is 0.860. The highest BCUT2D eigenvalue weighted by Gasteiger charge is 2.37. The van der Waals surface area contributed by atoms with Gasteiger partial charge in [0.1, 0.15) is 0 Å². The number of unbranched alkanes of at least 4 members (excludes halogenated alkanes) is 2. The third kappa shape index (κ3) is 6.58. The van der Waals surface area contributed by atoms with E-state index in [1.165, 1.54) is 77.0 Å². The second kappa shape index (κ2) is 12.4. The molecule has 4 unspecified atom stereocenters. The Balaban J connectivity index is 2.72. The monoisotopic (exact) mass is 310 g/mol. The quantitative estimate of drug-likeness (QED) is 0.492. The Kier molecular flexibility index (Phi) is 11.2. The first-order valence-electron chi connectivity index (χ1n) is 10.2. The van der Waals surface area contributed by atoms with Crippen molar-refractivity contribution < 1.29 is 0 Å². The Morgan fingerprint density at radius 1 is 0.636 bits per heavy atom.